The van der Waals surface area contributed by atoms with E-state index in [-0.39, 0.29) is 0 Å². The molecule has 0 atom stereocenters. The van der Waals surface area contributed by atoms with Crippen molar-refractivity contribution in [3.8, 4) is 5.75 Å². The van der Waals surface area contributed by atoms with E-state index in [1.54, 1.807) is 18.9 Å². The zero-order valence-electron chi connectivity index (χ0n) is 14.1. The zero-order valence-corrected chi connectivity index (χ0v) is 15.8. The highest BCUT2D eigenvalue weighted by Crippen LogP contribution is 2.21. The van der Waals surface area contributed by atoms with Crippen LogP contribution in [0.3, 0.4) is 0 Å². The Hall–Kier alpha value is -0.860. The van der Waals surface area contributed by atoms with E-state index in [9.17, 15) is 0 Å². The highest BCUT2D eigenvalue weighted by molar-refractivity contribution is 8.22. The molecule has 0 aromatic heterocycles. The summed E-state index contributed by atoms with van der Waals surface area (Å²) in [6, 6.07) is 8.31. The highest BCUT2D eigenvalue weighted by Gasteiger charge is 2.22. The Morgan fingerprint density at radius 2 is 1.88 bits per heavy atom. The van der Waals surface area contributed by atoms with Crippen molar-refractivity contribution in [1.82, 2.24) is 14.7 Å². The summed E-state index contributed by atoms with van der Waals surface area (Å²) in [5.41, 5.74) is 1.30. The number of thioether (sulfide) groups is 1. The number of hydrogen-bond acceptors (Lipinski definition) is 6. The maximum Gasteiger partial charge on any atom is 0.138 e. The number of methoxy groups -OCH3 is 1. The van der Waals surface area contributed by atoms with Crippen molar-refractivity contribution in [2.24, 2.45) is 0 Å². The van der Waals surface area contributed by atoms with Gasteiger partial charge in [0.2, 0.25) is 0 Å². The van der Waals surface area contributed by atoms with Gasteiger partial charge in [0.15, 0.2) is 0 Å². The molecule has 2 aliphatic heterocycles. The molecule has 0 bridgehead atoms. The molecule has 1 aromatic rings. The predicted molar refractivity (Wildman–Crippen MR) is 102 cm³/mol. The first-order valence-corrected chi connectivity index (χ1v) is 9.71. The van der Waals surface area contributed by atoms with Gasteiger partial charge in [-0.25, -0.2) is 0 Å². The summed E-state index contributed by atoms with van der Waals surface area (Å²) in [6.07, 6.45) is 0. The van der Waals surface area contributed by atoms with Gasteiger partial charge in [-0.05, 0) is 17.7 Å². The number of rotatable bonds is 6. The molecule has 7 heteroatoms. The smallest absolute Gasteiger partial charge is 0.138 e. The number of hydrogen-bond donors (Lipinski definition) is 0. The number of nitrogens with zero attached hydrogens (tertiary/aromatic N) is 3. The lowest BCUT2D eigenvalue weighted by molar-refractivity contribution is 0.0344. The van der Waals surface area contributed by atoms with Crippen molar-refractivity contribution in [3.05, 3.63) is 29.8 Å². The van der Waals surface area contributed by atoms with Crippen molar-refractivity contribution in [2.45, 2.75) is 6.54 Å². The van der Waals surface area contributed by atoms with Crippen LogP contribution in [-0.2, 0) is 11.3 Å². The minimum atomic E-state index is 0.850. The molecule has 0 amide bonds. The molecule has 24 heavy (non-hydrogen) atoms. The monoisotopic (exact) mass is 367 g/mol. The fourth-order valence-electron chi connectivity index (χ4n) is 2.91. The van der Waals surface area contributed by atoms with E-state index in [2.05, 4.69) is 26.8 Å². The van der Waals surface area contributed by atoms with Crippen molar-refractivity contribution in [1.29, 1.82) is 0 Å². The van der Waals surface area contributed by atoms with Gasteiger partial charge in [0.25, 0.3) is 0 Å². The topological polar surface area (TPSA) is 28.2 Å². The second kappa shape index (κ2) is 9.01. The summed E-state index contributed by atoms with van der Waals surface area (Å²) in [6.45, 7) is 7.65. The number of morpholine rings is 1. The molecule has 1 aromatic carbocycles. The Labute approximate surface area is 153 Å². The largest absolute Gasteiger partial charge is 0.497 e. The lowest BCUT2D eigenvalue weighted by Crippen LogP contribution is -2.48. The molecule has 0 saturated carbocycles. The van der Waals surface area contributed by atoms with Crippen molar-refractivity contribution in [3.63, 3.8) is 0 Å². The summed E-state index contributed by atoms with van der Waals surface area (Å²) in [5, 5.41) is 0. The van der Waals surface area contributed by atoms with E-state index >= 15 is 0 Å². The lowest BCUT2D eigenvalue weighted by Gasteiger charge is -2.38. The predicted octanol–water partition coefficient (Wildman–Crippen LogP) is 2.08. The van der Waals surface area contributed by atoms with E-state index in [1.807, 2.05) is 12.1 Å². The molecule has 0 spiro atoms. The maximum atomic E-state index is 5.55. The normalized spacial score (nSPS) is 20.4. The third-order valence-electron chi connectivity index (χ3n) is 4.35. The van der Waals surface area contributed by atoms with Crippen molar-refractivity contribution < 1.29 is 9.47 Å². The third kappa shape index (κ3) is 5.07. The molecule has 2 heterocycles. The van der Waals surface area contributed by atoms with Crippen LogP contribution in [0, 0.1) is 0 Å². The Balaban J connectivity index is 1.49. The average molecular weight is 368 g/mol. The van der Waals surface area contributed by atoms with E-state index < -0.39 is 0 Å². The molecule has 2 aliphatic rings. The first-order chi connectivity index (χ1) is 11.7. The summed E-state index contributed by atoms with van der Waals surface area (Å²) >= 11 is 7.31. The van der Waals surface area contributed by atoms with Gasteiger partial charge in [-0.3, -0.25) is 9.80 Å². The molecule has 2 saturated heterocycles. The Bertz CT molecular complexity index is 535. The zero-order chi connectivity index (χ0) is 16.8. The van der Waals surface area contributed by atoms with Gasteiger partial charge < -0.3 is 14.4 Å². The molecule has 0 unspecified atom stereocenters. The quantitative estimate of drug-likeness (QED) is 0.711. The van der Waals surface area contributed by atoms with Crippen LogP contribution in [0.1, 0.15) is 5.56 Å². The van der Waals surface area contributed by atoms with Gasteiger partial charge in [-0.1, -0.05) is 36.1 Å². The second-order valence-electron chi connectivity index (χ2n) is 6.08. The number of benzene rings is 1. The summed E-state index contributed by atoms with van der Waals surface area (Å²) in [5.74, 6) is 1.86. The van der Waals surface area contributed by atoms with Crippen LogP contribution in [0.4, 0.5) is 0 Å². The molecule has 0 aliphatic carbocycles. The maximum absolute atomic E-state index is 5.55. The van der Waals surface area contributed by atoms with E-state index in [0.717, 1.165) is 68.6 Å². The number of ether oxygens (including phenoxy) is 2. The van der Waals surface area contributed by atoms with Crippen LogP contribution in [0.25, 0.3) is 0 Å². The van der Waals surface area contributed by atoms with Gasteiger partial charge in [0.05, 0.1) is 32.9 Å². The van der Waals surface area contributed by atoms with Crippen LogP contribution in [0.5, 0.6) is 5.75 Å². The van der Waals surface area contributed by atoms with Gasteiger partial charge in [0, 0.05) is 32.7 Å². The van der Waals surface area contributed by atoms with Crippen molar-refractivity contribution in [2.75, 3.05) is 59.0 Å². The Morgan fingerprint density at radius 1 is 1.12 bits per heavy atom. The molecular formula is C17H25N3O2S2. The van der Waals surface area contributed by atoms with Gasteiger partial charge >= 0.3 is 0 Å². The first kappa shape index (κ1) is 17.9. The van der Waals surface area contributed by atoms with Gasteiger partial charge in [-0.2, -0.15) is 0 Å². The Kier molecular flexibility index (Phi) is 6.74. The lowest BCUT2D eigenvalue weighted by atomic mass is 10.2. The van der Waals surface area contributed by atoms with Crippen molar-refractivity contribution >= 4 is 28.3 Å². The highest BCUT2D eigenvalue weighted by atomic mass is 32.2. The minimum absolute atomic E-state index is 0.850. The van der Waals surface area contributed by atoms with Gasteiger partial charge in [-0.15, -0.1) is 0 Å². The van der Waals surface area contributed by atoms with E-state index in [1.165, 1.54) is 5.56 Å². The standard InChI is InChI=1S/C17H25N3O2S2/c1-21-16-4-2-15(3-5-16)12-19-13-20(17(23)24-14-19)7-6-18-8-10-22-11-9-18/h2-5H,6-14H2,1H3. The molecule has 0 radical (unpaired) electrons. The average Bonchev–Trinajstić information content (AvgIpc) is 2.63. The van der Waals surface area contributed by atoms with Gasteiger partial charge in [0.1, 0.15) is 10.1 Å². The fourth-order valence-corrected chi connectivity index (χ4v) is 4.02. The summed E-state index contributed by atoms with van der Waals surface area (Å²) < 4.78 is 11.7. The van der Waals surface area contributed by atoms with Crippen LogP contribution in [0.15, 0.2) is 24.3 Å². The van der Waals surface area contributed by atoms with Crippen LogP contribution in [0.2, 0.25) is 0 Å². The molecule has 2 fully saturated rings. The molecular weight excluding hydrogens is 342 g/mol. The minimum Gasteiger partial charge on any atom is -0.497 e. The van der Waals surface area contributed by atoms with Crippen LogP contribution in [-0.4, -0.2) is 78.1 Å². The summed E-state index contributed by atoms with van der Waals surface area (Å²) in [4.78, 5) is 7.21. The SMILES string of the molecule is COc1ccc(CN2CSC(=S)N(CCN3CCOCC3)C2)cc1. The molecule has 3 rings (SSSR count). The first-order valence-electron chi connectivity index (χ1n) is 8.31. The third-order valence-corrected chi connectivity index (χ3v) is 5.97. The van der Waals surface area contributed by atoms with Crippen LogP contribution < -0.4 is 4.74 Å². The van der Waals surface area contributed by atoms with E-state index in [4.69, 9.17) is 21.7 Å². The Morgan fingerprint density at radius 3 is 2.58 bits per heavy atom. The summed E-state index contributed by atoms with van der Waals surface area (Å²) in [7, 11) is 1.70. The molecule has 0 N–H and O–H groups in total. The molecule has 132 valence electrons. The fraction of sp³-hybridized carbons (Fsp3) is 0.588. The van der Waals surface area contributed by atoms with E-state index in [0.29, 0.717) is 0 Å². The number of thiocarbonyl (C=S) groups is 1. The van der Waals surface area contributed by atoms with Crippen LogP contribution >= 0.6 is 24.0 Å². The molecule has 5 nitrogen and oxygen atoms in total. The second-order valence-corrected chi connectivity index (χ2v) is 7.65.